The van der Waals surface area contributed by atoms with Crippen LogP contribution < -0.4 is 5.32 Å². The van der Waals surface area contributed by atoms with E-state index in [4.69, 9.17) is 0 Å². The van der Waals surface area contributed by atoms with Gasteiger partial charge in [0.2, 0.25) is 5.91 Å². The molecule has 0 spiro atoms. The van der Waals surface area contributed by atoms with E-state index in [2.05, 4.69) is 29.1 Å². The van der Waals surface area contributed by atoms with Crippen molar-refractivity contribution in [1.29, 1.82) is 0 Å². The van der Waals surface area contributed by atoms with E-state index in [9.17, 15) is 4.79 Å². The van der Waals surface area contributed by atoms with Gasteiger partial charge in [-0.25, -0.2) is 0 Å². The van der Waals surface area contributed by atoms with Crippen molar-refractivity contribution < 1.29 is 4.79 Å². The lowest BCUT2D eigenvalue weighted by Crippen LogP contribution is -2.52. The minimum Gasteiger partial charge on any atom is -0.354 e. The molecule has 1 amide bonds. The van der Waals surface area contributed by atoms with Gasteiger partial charge in [-0.1, -0.05) is 6.92 Å². The molecule has 2 aliphatic rings. The highest BCUT2D eigenvalue weighted by atomic mass is 16.2. The van der Waals surface area contributed by atoms with Crippen LogP contribution in [0.2, 0.25) is 0 Å². The van der Waals surface area contributed by atoms with Crippen molar-refractivity contribution in [2.45, 2.75) is 38.6 Å². The molecular formula is C14H27N3O. The summed E-state index contributed by atoms with van der Waals surface area (Å²) in [5, 5.41) is 2.91. The highest BCUT2D eigenvalue weighted by molar-refractivity contribution is 5.78. The van der Waals surface area contributed by atoms with Crippen LogP contribution >= 0.6 is 0 Å². The summed E-state index contributed by atoms with van der Waals surface area (Å²) in [5.41, 5.74) is 0. The summed E-state index contributed by atoms with van der Waals surface area (Å²) in [6.45, 7) is 7.09. The standard InChI is InChI=1S/C14H27N3O/c1-3-16(2)10-12-4-6-13(7-5-12)17-9-8-15-14(18)11-17/h12-13H,3-11H2,1-2H3,(H,15,18). The lowest BCUT2D eigenvalue weighted by atomic mass is 9.85. The van der Waals surface area contributed by atoms with E-state index in [0.29, 0.717) is 12.6 Å². The van der Waals surface area contributed by atoms with E-state index >= 15 is 0 Å². The Balaban J connectivity index is 1.74. The average Bonchev–Trinajstić information content (AvgIpc) is 2.39. The second-order valence-electron chi connectivity index (χ2n) is 5.85. The normalized spacial score (nSPS) is 30.5. The fourth-order valence-electron chi connectivity index (χ4n) is 3.23. The Kier molecular flexibility index (Phi) is 5.01. The Morgan fingerprint density at radius 3 is 2.67 bits per heavy atom. The van der Waals surface area contributed by atoms with E-state index in [1.165, 1.54) is 32.2 Å². The highest BCUT2D eigenvalue weighted by Crippen LogP contribution is 2.28. The molecular weight excluding hydrogens is 226 g/mol. The average molecular weight is 253 g/mol. The van der Waals surface area contributed by atoms with Gasteiger partial charge in [0.15, 0.2) is 0 Å². The number of piperazine rings is 1. The molecule has 0 unspecified atom stereocenters. The van der Waals surface area contributed by atoms with Crippen molar-refractivity contribution in [3.05, 3.63) is 0 Å². The predicted molar refractivity (Wildman–Crippen MR) is 73.5 cm³/mol. The summed E-state index contributed by atoms with van der Waals surface area (Å²) in [4.78, 5) is 16.2. The molecule has 4 nitrogen and oxygen atoms in total. The van der Waals surface area contributed by atoms with E-state index in [1.54, 1.807) is 0 Å². The largest absolute Gasteiger partial charge is 0.354 e. The molecule has 18 heavy (non-hydrogen) atoms. The van der Waals surface area contributed by atoms with Crippen LogP contribution in [-0.2, 0) is 4.79 Å². The highest BCUT2D eigenvalue weighted by Gasteiger charge is 2.28. The lowest BCUT2D eigenvalue weighted by molar-refractivity contribution is -0.125. The van der Waals surface area contributed by atoms with E-state index in [0.717, 1.165) is 25.6 Å². The van der Waals surface area contributed by atoms with E-state index < -0.39 is 0 Å². The summed E-state index contributed by atoms with van der Waals surface area (Å²) in [5.74, 6) is 1.07. The number of nitrogens with one attached hydrogen (secondary N) is 1. The van der Waals surface area contributed by atoms with Gasteiger partial charge in [-0.05, 0) is 45.2 Å². The van der Waals surface area contributed by atoms with Gasteiger partial charge in [0.05, 0.1) is 6.54 Å². The topological polar surface area (TPSA) is 35.6 Å². The molecule has 0 aromatic carbocycles. The smallest absolute Gasteiger partial charge is 0.234 e. The molecule has 0 aromatic rings. The fourth-order valence-corrected chi connectivity index (χ4v) is 3.23. The van der Waals surface area contributed by atoms with Crippen molar-refractivity contribution >= 4 is 5.91 Å². The first-order valence-electron chi connectivity index (χ1n) is 7.38. The van der Waals surface area contributed by atoms with Gasteiger partial charge >= 0.3 is 0 Å². The maximum absolute atomic E-state index is 11.4. The van der Waals surface area contributed by atoms with Crippen molar-refractivity contribution in [1.82, 2.24) is 15.1 Å². The van der Waals surface area contributed by atoms with Crippen LogP contribution in [0.15, 0.2) is 0 Å². The summed E-state index contributed by atoms with van der Waals surface area (Å²) < 4.78 is 0. The number of carbonyl (C=O) groups is 1. The second kappa shape index (κ2) is 6.53. The molecule has 1 aliphatic carbocycles. The Hall–Kier alpha value is -0.610. The van der Waals surface area contributed by atoms with Crippen LogP contribution in [0.5, 0.6) is 0 Å². The molecule has 0 radical (unpaired) electrons. The molecule has 1 heterocycles. The molecule has 104 valence electrons. The van der Waals surface area contributed by atoms with Crippen LogP contribution in [0.1, 0.15) is 32.6 Å². The Bertz CT molecular complexity index is 274. The first-order chi connectivity index (χ1) is 8.69. The molecule has 4 heteroatoms. The first-order valence-corrected chi connectivity index (χ1v) is 7.38. The zero-order valence-electron chi connectivity index (χ0n) is 11.8. The van der Waals surface area contributed by atoms with Gasteiger partial charge in [-0.2, -0.15) is 0 Å². The van der Waals surface area contributed by atoms with Crippen LogP contribution in [0.3, 0.4) is 0 Å². The third kappa shape index (κ3) is 3.69. The SMILES string of the molecule is CCN(C)CC1CCC(N2CCNC(=O)C2)CC1. The van der Waals surface area contributed by atoms with Gasteiger partial charge < -0.3 is 10.2 Å². The number of hydrogen-bond acceptors (Lipinski definition) is 3. The van der Waals surface area contributed by atoms with E-state index in [-0.39, 0.29) is 5.91 Å². The summed E-state index contributed by atoms with van der Waals surface area (Å²) in [7, 11) is 2.21. The van der Waals surface area contributed by atoms with Gasteiger partial charge in [0, 0.05) is 25.7 Å². The van der Waals surface area contributed by atoms with Gasteiger partial charge in [0.1, 0.15) is 0 Å². The molecule has 1 saturated carbocycles. The molecule has 2 fully saturated rings. The molecule has 0 atom stereocenters. The first kappa shape index (κ1) is 13.8. The van der Waals surface area contributed by atoms with Crippen molar-refractivity contribution in [2.24, 2.45) is 5.92 Å². The summed E-state index contributed by atoms with van der Waals surface area (Å²) in [6.07, 6.45) is 5.20. The lowest BCUT2D eigenvalue weighted by Gasteiger charge is -2.39. The number of carbonyl (C=O) groups excluding carboxylic acids is 1. The number of rotatable bonds is 4. The van der Waals surface area contributed by atoms with Crippen LogP contribution in [0.25, 0.3) is 0 Å². The van der Waals surface area contributed by atoms with Crippen LogP contribution in [0, 0.1) is 5.92 Å². The monoisotopic (exact) mass is 253 g/mol. The fraction of sp³-hybridized carbons (Fsp3) is 0.929. The minimum atomic E-state index is 0.203. The van der Waals surface area contributed by atoms with Gasteiger partial charge in [-0.15, -0.1) is 0 Å². The van der Waals surface area contributed by atoms with Crippen molar-refractivity contribution in [3.63, 3.8) is 0 Å². The Morgan fingerprint density at radius 2 is 2.06 bits per heavy atom. The minimum absolute atomic E-state index is 0.203. The molecule has 0 aromatic heterocycles. The number of amides is 1. The van der Waals surface area contributed by atoms with Crippen LogP contribution in [0.4, 0.5) is 0 Å². The quantitative estimate of drug-likeness (QED) is 0.809. The van der Waals surface area contributed by atoms with Crippen molar-refractivity contribution in [2.75, 3.05) is 39.8 Å². The van der Waals surface area contributed by atoms with Gasteiger partial charge in [-0.3, -0.25) is 9.69 Å². The Morgan fingerprint density at radius 1 is 1.33 bits per heavy atom. The van der Waals surface area contributed by atoms with E-state index in [1.807, 2.05) is 0 Å². The zero-order valence-corrected chi connectivity index (χ0v) is 11.8. The Labute approximate surface area is 111 Å². The number of hydrogen-bond donors (Lipinski definition) is 1. The summed E-state index contributed by atoms with van der Waals surface area (Å²) >= 11 is 0. The molecule has 1 saturated heterocycles. The van der Waals surface area contributed by atoms with Crippen LogP contribution in [-0.4, -0.2) is 61.5 Å². The molecule has 0 bridgehead atoms. The number of nitrogens with zero attached hydrogens (tertiary/aromatic N) is 2. The molecule has 2 rings (SSSR count). The molecule has 1 aliphatic heterocycles. The zero-order chi connectivity index (χ0) is 13.0. The second-order valence-corrected chi connectivity index (χ2v) is 5.85. The maximum atomic E-state index is 11.4. The third-order valence-electron chi connectivity index (χ3n) is 4.51. The third-order valence-corrected chi connectivity index (χ3v) is 4.51. The summed E-state index contributed by atoms with van der Waals surface area (Å²) in [6, 6.07) is 0.652. The predicted octanol–water partition coefficient (Wildman–Crippen LogP) is 0.929. The van der Waals surface area contributed by atoms with Gasteiger partial charge in [0.25, 0.3) is 0 Å². The maximum Gasteiger partial charge on any atom is 0.234 e. The van der Waals surface area contributed by atoms with Crippen molar-refractivity contribution in [3.8, 4) is 0 Å². The molecule has 1 N–H and O–H groups in total.